The van der Waals surface area contributed by atoms with Gasteiger partial charge in [-0.2, -0.15) is 0 Å². The van der Waals surface area contributed by atoms with E-state index in [4.69, 9.17) is 9.16 Å². The van der Waals surface area contributed by atoms with E-state index in [1.807, 2.05) is 0 Å². The first-order valence-electron chi connectivity index (χ1n) is 7.24. The Morgan fingerprint density at radius 1 is 1.23 bits per heavy atom. The lowest BCUT2D eigenvalue weighted by molar-refractivity contribution is 0.0593. The molecule has 0 aliphatic heterocycles. The van der Waals surface area contributed by atoms with Gasteiger partial charge in [0.2, 0.25) is 0 Å². The van der Waals surface area contributed by atoms with Gasteiger partial charge in [-0.25, -0.2) is 9.18 Å². The second-order valence-corrected chi connectivity index (χ2v) is 11.4. The summed E-state index contributed by atoms with van der Waals surface area (Å²) in [5.41, 5.74) is 0.0785. The maximum Gasteiger partial charge on any atom is 0.341 e. The van der Waals surface area contributed by atoms with Gasteiger partial charge in [0.25, 0.3) is 0 Å². The third kappa shape index (κ3) is 4.54. The van der Waals surface area contributed by atoms with Crippen LogP contribution >= 0.6 is 0 Å². The Kier molecular flexibility index (Phi) is 6.14. The van der Waals surface area contributed by atoms with Crippen LogP contribution in [0.15, 0.2) is 18.2 Å². The molecule has 0 N–H and O–H groups in total. The van der Waals surface area contributed by atoms with Gasteiger partial charge in [-0.3, -0.25) is 0 Å². The van der Waals surface area contributed by atoms with E-state index >= 15 is 0 Å². The largest absolute Gasteiger partial charge is 0.487 e. The molecule has 0 atom stereocenters. The van der Waals surface area contributed by atoms with Crippen LogP contribution in [0.25, 0.3) is 0 Å². The van der Waals surface area contributed by atoms with E-state index in [0.717, 1.165) is 0 Å². The fourth-order valence-electron chi connectivity index (χ4n) is 1.58. The summed E-state index contributed by atoms with van der Waals surface area (Å²) in [6, 6.07) is 4.16. The highest BCUT2D eigenvalue weighted by Crippen LogP contribution is 2.36. The molecule has 1 aromatic carbocycles. The minimum absolute atomic E-state index is 0.0785. The SMILES string of the molecule is COC(=O)c1cccc(F)c1OCCO[Si](C)(C)C(C)(C)C. The number of methoxy groups -OCH3 is 1. The molecule has 0 spiro atoms. The number of halogens is 1. The van der Waals surface area contributed by atoms with Crippen molar-refractivity contribution in [1.82, 2.24) is 0 Å². The first kappa shape index (κ1) is 18.6. The molecule has 0 unspecified atom stereocenters. The Labute approximate surface area is 132 Å². The van der Waals surface area contributed by atoms with Crippen LogP contribution in [0.2, 0.25) is 18.1 Å². The molecule has 0 heterocycles. The number of para-hydroxylation sites is 1. The van der Waals surface area contributed by atoms with Crippen molar-refractivity contribution in [2.45, 2.75) is 38.9 Å². The number of ether oxygens (including phenoxy) is 2. The van der Waals surface area contributed by atoms with Crippen molar-refractivity contribution < 1.29 is 23.1 Å². The van der Waals surface area contributed by atoms with E-state index in [1.165, 1.54) is 25.3 Å². The molecule has 0 saturated carbocycles. The van der Waals surface area contributed by atoms with E-state index in [0.29, 0.717) is 6.61 Å². The van der Waals surface area contributed by atoms with Crippen LogP contribution in [0.5, 0.6) is 5.75 Å². The van der Waals surface area contributed by atoms with Gasteiger partial charge in [0.1, 0.15) is 12.2 Å². The molecule has 0 aliphatic rings. The maximum absolute atomic E-state index is 13.8. The summed E-state index contributed by atoms with van der Waals surface area (Å²) in [5, 5.41) is 0.0994. The molecule has 1 aromatic rings. The van der Waals surface area contributed by atoms with Crippen molar-refractivity contribution in [2.24, 2.45) is 0 Å². The summed E-state index contributed by atoms with van der Waals surface area (Å²) >= 11 is 0. The van der Waals surface area contributed by atoms with Crippen molar-refractivity contribution in [2.75, 3.05) is 20.3 Å². The van der Waals surface area contributed by atoms with Gasteiger partial charge in [-0.15, -0.1) is 0 Å². The maximum atomic E-state index is 13.8. The minimum atomic E-state index is -1.86. The first-order chi connectivity index (χ1) is 10.1. The van der Waals surface area contributed by atoms with Crippen LogP contribution < -0.4 is 4.74 Å². The van der Waals surface area contributed by atoms with Crippen molar-refractivity contribution in [3.63, 3.8) is 0 Å². The van der Waals surface area contributed by atoms with E-state index in [9.17, 15) is 9.18 Å². The average Bonchev–Trinajstić information content (AvgIpc) is 2.42. The molecule has 1 rings (SSSR count). The number of hydrogen-bond donors (Lipinski definition) is 0. The van der Waals surface area contributed by atoms with Crippen LogP contribution in [0.3, 0.4) is 0 Å². The Morgan fingerprint density at radius 2 is 1.86 bits per heavy atom. The smallest absolute Gasteiger partial charge is 0.341 e. The zero-order valence-electron chi connectivity index (χ0n) is 14.2. The number of benzene rings is 1. The summed E-state index contributed by atoms with van der Waals surface area (Å²) < 4.78 is 29.8. The lowest BCUT2D eigenvalue weighted by atomic mass is 10.2. The summed E-state index contributed by atoms with van der Waals surface area (Å²) in [4.78, 5) is 11.6. The highest BCUT2D eigenvalue weighted by atomic mass is 28.4. The molecule has 0 aromatic heterocycles. The van der Waals surface area contributed by atoms with Crippen LogP contribution in [0.4, 0.5) is 4.39 Å². The van der Waals surface area contributed by atoms with E-state index < -0.39 is 20.1 Å². The molecule has 0 radical (unpaired) electrons. The molecule has 22 heavy (non-hydrogen) atoms. The van der Waals surface area contributed by atoms with Crippen LogP contribution in [0, 0.1) is 5.82 Å². The zero-order chi connectivity index (χ0) is 17.0. The van der Waals surface area contributed by atoms with Crippen LogP contribution in [-0.4, -0.2) is 34.6 Å². The lowest BCUT2D eigenvalue weighted by Gasteiger charge is -2.36. The van der Waals surface area contributed by atoms with Gasteiger partial charge < -0.3 is 13.9 Å². The second-order valence-electron chi connectivity index (χ2n) is 6.57. The summed E-state index contributed by atoms with van der Waals surface area (Å²) in [5.74, 6) is -1.30. The number of hydrogen-bond acceptors (Lipinski definition) is 4. The van der Waals surface area contributed by atoms with Crippen molar-refractivity contribution in [3.05, 3.63) is 29.6 Å². The van der Waals surface area contributed by atoms with Crippen molar-refractivity contribution >= 4 is 14.3 Å². The van der Waals surface area contributed by atoms with Crippen molar-refractivity contribution in [3.8, 4) is 5.75 Å². The predicted molar refractivity (Wildman–Crippen MR) is 86.4 cm³/mol. The average molecular weight is 328 g/mol. The Morgan fingerprint density at radius 3 is 2.41 bits per heavy atom. The zero-order valence-corrected chi connectivity index (χ0v) is 15.2. The van der Waals surface area contributed by atoms with E-state index in [1.54, 1.807) is 0 Å². The number of carbonyl (C=O) groups excluding carboxylic acids is 1. The third-order valence-electron chi connectivity index (χ3n) is 3.97. The minimum Gasteiger partial charge on any atom is -0.487 e. The van der Waals surface area contributed by atoms with Gasteiger partial charge >= 0.3 is 5.97 Å². The molecule has 0 amide bonds. The summed E-state index contributed by atoms with van der Waals surface area (Å²) in [6.45, 7) is 11.2. The predicted octanol–water partition coefficient (Wildman–Crippen LogP) is 4.01. The molecular weight excluding hydrogens is 303 g/mol. The van der Waals surface area contributed by atoms with Gasteiger partial charge in [-0.1, -0.05) is 26.8 Å². The first-order valence-corrected chi connectivity index (χ1v) is 10.1. The number of esters is 1. The number of carbonyl (C=O) groups is 1. The second kappa shape index (κ2) is 7.24. The van der Waals surface area contributed by atoms with Gasteiger partial charge in [0.15, 0.2) is 19.9 Å². The fourth-order valence-corrected chi connectivity index (χ4v) is 2.61. The van der Waals surface area contributed by atoms with Crippen LogP contribution in [-0.2, 0) is 9.16 Å². The van der Waals surface area contributed by atoms with Crippen molar-refractivity contribution in [1.29, 1.82) is 0 Å². The van der Waals surface area contributed by atoms with Gasteiger partial charge in [0.05, 0.1) is 13.7 Å². The van der Waals surface area contributed by atoms with Crippen LogP contribution in [0.1, 0.15) is 31.1 Å². The summed E-state index contributed by atoms with van der Waals surface area (Å²) in [7, 11) is -0.617. The standard InChI is InChI=1S/C16H25FO4Si/c1-16(2,3)22(5,6)21-11-10-20-14-12(15(18)19-4)8-7-9-13(14)17/h7-9H,10-11H2,1-6H3. The summed E-state index contributed by atoms with van der Waals surface area (Å²) in [6.07, 6.45) is 0. The molecule has 0 fully saturated rings. The topological polar surface area (TPSA) is 44.8 Å². The molecule has 124 valence electrons. The molecule has 4 nitrogen and oxygen atoms in total. The molecule has 0 aliphatic carbocycles. The quantitative estimate of drug-likeness (QED) is 0.449. The Balaban J connectivity index is 2.68. The molecule has 6 heteroatoms. The number of rotatable bonds is 6. The fraction of sp³-hybridized carbons (Fsp3) is 0.562. The van der Waals surface area contributed by atoms with E-state index in [-0.39, 0.29) is 23.0 Å². The highest BCUT2D eigenvalue weighted by Gasteiger charge is 2.36. The highest BCUT2D eigenvalue weighted by molar-refractivity contribution is 6.74. The normalized spacial score (nSPS) is 12.1. The lowest BCUT2D eigenvalue weighted by Crippen LogP contribution is -2.41. The van der Waals surface area contributed by atoms with E-state index in [2.05, 4.69) is 38.6 Å². The Bertz CT molecular complexity index is 523. The van der Waals surface area contributed by atoms with Gasteiger partial charge in [0, 0.05) is 0 Å². The Hall–Kier alpha value is -1.40. The molecule has 0 saturated heterocycles. The third-order valence-corrected chi connectivity index (χ3v) is 8.51. The monoisotopic (exact) mass is 328 g/mol. The molecule has 0 bridgehead atoms. The molecular formula is C16H25FO4Si. The van der Waals surface area contributed by atoms with Gasteiger partial charge in [-0.05, 0) is 30.3 Å².